The summed E-state index contributed by atoms with van der Waals surface area (Å²) in [6, 6.07) is 14.9. The van der Waals surface area contributed by atoms with E-state index in [0.717, 1.165) is 11.3 Å². The van der Waals surface area contributed by atoms with Gasteiger partial charge in [0.2, 0.25) is 5.88 Å². The first-order valence-corrected chi connectivity index (χ1v) is 8.10. The molecule has 0 saturated heterocycles. The third-order valence-electron chi connectivity index (χ3n) is 3.62. The van der Waals surface area contributed by atoms with Crippen molar-refractivity contribution >= 4 is 24.1 Å². The molecule has 26 heavy (non-hydrogen) atoms. The van der Waals surface area contributed by atoms with Gasteiger partial charge in [-0.25, -0.2) is 4.39 Å². The standard InChI is InChI=1S/C18H15FN4O2S/c19-13-8-6-12(7-9-13)11-23-17(25)15(16(24)21-18(23)26)10-20-22-14-4-2-1-3-5-14/h1-10,22,25H,11H2,(H,21,24,26). The van der Waals surface area contributed by atoms with Gasteiger partial charge >= 0.3 is 0 Å². The van der Waals surface area contributed by atoms with Crippen molar-refractivity contribution in [2.45, 2.75) is 6.54 Å². The van der Waals surface area contributed by atoms with E-state index < -0.39 is 5.56 Å². The van der Waals surface area contributed by atoms with Gasteiger partial charge in [-0.05, 0) is 42.0 Å². The molecule has 0 spiro atoms. The van der Waals surface area contributed by atoms with Crippen LogP contribution in [-0.4, -0.2) is 20.9 Å². The number of aromatic amines is 1. The van der Waals surface area contributed by atoms with Crippen LogP contribution in [0.1, 0.15) is 11.1 Å². The van der Waals surface area contributed by atoms with Crippen LogP contribution in [0.2, 0.25) is 0 Å². The Morgan fingerprint density at radius 2 is 1.88 bits per heavy atom. The summed E-state index contributed by atoms with van der Waals surface area (Å²) in [5.74, 6) is -0.676. The van der Waals surface area contributed by atoms with E-state index in [0.29, 0.717) is 0 Å². The predicted molar refractivity (Wildman–Crippen MR) is 101 cm³/mol. The van der Waals surface area contributed by atoms with Gasteiger partial charge in [-0.3, -0.25) is 19.8 Å². The van der Waals surface area contributed by atoms with Gasteiger partial charge in [-0.15, -0.1) is 0 Å². The summed E-state index contributed by atoms with van der Waals surface area (Å²) in [7, 11) is 0. The van der Waals surface area contributed by atoms with E-state index in [-0.39, 0.29) is 28.6 Å². The molecular formula is C18H15FN4O2S. The molecule has 2 aromatic carbocycles. The van der Waals surface area contributed by atoms with Crippen LogP contribution in [0.4, 0.5) is 10.1 Å². The molecule has 0 amide bonds. The second-order valence-corrected chi connectivity index (χ2v) is 5.83. The van der Waals surface area contributed by atoms with Crippen LogP contribution in [0.15, 0.2) is 64.5 Å². The molecule has 0 aliphatic rings. The lowest BCUT2D eigenvalue weighted by molar-refractivity contribution is 0.411. The number of nitrogens with one attached hydrogen (secondary N) is 2. The molecule has 0 aliphatic carbocycles. The van der Waals surface area contributed by atoms with E-state index in [2.05, 4.69) is 15.5 Å². The number of hydrazone groups is 1. The number of nitrogens with zero attached hydrogens (tertiary/aromatic N) is 2. The molecule has 0 aliphatic heterocycles. The number of hydrogen-bond acceptors (Lipinski definition) is 5. The Bertz CT molecular complexity index is 1040. The summed E-state index contributed by atoms with van der Waals surface area (Å²) in [5.41, 5.74) is 3.63. The zero-order valence-electron chi connectivity index (χ0n) is 13.5. The molecule has 6 nitrogen and oxygen atoms in total. The van der Waals surface area contributed by atoms with Crippen molar-refractivity contribution in [3.05, 3.63) is 86.7 Å². The van der Waals surface area contributed by atoms with Crippen LogP contribution in [0.5, 0.6) is 5.88 Å². The lowest BCUT2D eigenvalue weighted by Crippen LogP contribution is -2.19. The van der Waals surface area contributed by atoms with E-state index in [1.165, 1.54) is 22.9 Å². The third-order valence-corrected chi connectivity index (χ3v) is 3.94. The van der Waals surface area contributed by atoms with Gasteiger partial charge < -0.3 is 5.11 Å². The molecule has 1 heterocycles. The molecule has 8 heteroatoms. The Labute approximate surface area is 153 Å². The van der Waals surface area contributed by atoms with E-state index in [1.807, 2.05) is 30.3 Å². The fraction of sp³-hybridized carbons (Fsp3) is 0.0556. The highest BCUT2D eigenvalue weighted by Gasteiger charge is 2.11. The molecular weight excluding hydrogens is 355 g/mol. The average molecular weight is 370 g/mol. The van der Waals surface area contributed by atoms with E-state index in [4.69, 9.17) is 12.2 Å². The van der Waals surface area contributed by atoms with Crippen LogP contribution in [0.25, 0.3) is 0 Å². The molecule has 0 fully saturated rings. The van der Waals surface area contributed by atoms with E-state index in [9.17, 15) is 14.3 Å². The van der Waals surface area contributed by atoms with E-state index >= 15 is 0 Å². The molecule has 1 aromatic heterocycles. The Hall–Kier alpha value is -3.26. The van der Waals surface area contributed by atoms with Crippen molar-refractivity contribution < 1.29 is 9.50 Å². The van der Waals surface area contributed by atoms with Gasteiger partial charge in [0.05, 0.1) is 18.4 Å². The molecule has 0 atom stereocenters. The monoisotopic (exact) mass is 370 g/mol. The molecule has 0 radical (unpaired) electrons. The van der Waals surface area contributed by atoms with Crippen molar-refractivity contribution in [1.82, 2.24) is 9.55 Å². The predicted octanol–water partition coefficient (Wildman–Crippen LogP) is 3.24. The number of rotatable bonds is 5. The highest BCUT2D eigenvalue weighted by atomic mass is 32.1. The Kier molecular flexibility index (Phi) is 5.23. The van der Waals surface area contributed by atoms with Crippen molar-refractivity contribution in [1.29, 1.82) is 0 Å². The van der Waals surface area contributed by atoms with Crippen LogP contribution < -0.4 is 11.0 Å². The number of H-pyrrole nitrogens is 1. The Morgan fingerprint density at radius 3 is 2.58 bits per heavy atom. The summed E-state index contributed by atoms with van der Waals surface area (Å²) < 4.78 is 14.4. The number of aromatic nitrogens is 2. The molecule has 0 unspecified atom stereocenters. The van der Waals surface area contributed by atoms with Crippen LogP contribution in [0.3, 0.4) is 0 Å². The highest BCUT2D eigenvalue weighted by molar-refractivity contribution is 7.71. The minimum atomic E-state index is -0.554. The molecule has 0 bridgehead atoms. The van der Waals surface area contributed by atoms with Gasteiger partial charge in [0, 0.05) is 0 Å². The van der Waals surface area contributed by atoms with Crippen molar-refractivity contribution in [3.8, 4) is 5.88 Å². The number of anilines is 1. The van der Waals surface area contributed by atoms with Gasteiger partial charge in [0.15, 0.2) is 4.77 Å². The molecule has 3 rings (SSSR count). The summed E-state index contributed by atoms with van der Waals surface area (Å²) in [4.78, 5) is 14.6. The quantitative estimate of drug-likeness (QED) is 0.366. The normalized spacial score (nSPS) is 11.0. The maximum absolute atomic E-state index is 13.0. The maximum atomic E-state index is 13.0. The second-order valence-electron chi connectivity index (χ2n) is 5.45. The third kappa shape index (κ3) is 4.04. The zero-order chi connectivity index (χ0) is 18.5. The first-order valence-electron chi connectivity index (χ1n) is 7.69. The van der Waals surface area contributed by atoms with Gasteiger partial charge in [-0.1, -0.05) is 30.3 Å². The smallest absolute Gasteiger partial charge is 0.264 e. The Morgan fingerprint density at radius 1 is 1.19 bits per heavy atom. The SMILES string of the molecule is O=c1[nH]c(=S)n(Cc2ccc(F)cc2)c(O)c1C=NNc1ccccc1. The Balaban J connectivity index is 1.90. The summed E-state index contributed by atoms with van der Waals surface area (Å²) in [6.07, 6.45) is 1.22. The van der Waals surface area contributed by atoms with E-state index in [1.54, 1.807) is 12.1 Å². The fourth-order valence-electron chi connectivity index (χ4n) is 2.29. The first kappa shape index (κ1) is 17.6. The summed E-state index contributed by atoms with van der Waals surface area (Å²) in [6.45, 7) is 0.175. The number of aromatic hydroxyl groups is 1. The summed E-state index contributed by atoms with van der Waals surface area (Å²) in [5, 5.41) is 14.4. The lowest BCUT2D eigenvalue weighted by atomic mass is 10.2. The topological polar surface area (TPSA) is 82.4 Å². The molecule has 3 N–H and O–H groups in total. The largest absolute Gasteiger partial charge is 0.494 e. The van der Waals surface area contributed by atoms with Crippen LogP contribution in [0, 0.1) is 10.6 Å². The van der Waals surface area contributed by atoms with Crippen molar-refractivity contribution in [2.24, 2.45) is 5.10 Å². The minimum Gasteiger partial charge on any atom is -0.494 e. The van der Waals surface area contributed by atoms with Crippen molar-refractivity contribution in [2.75, 3.05) is 5.43 Å². The molecule has 0 saturated carbocycles. The molecule has 132 valence electrons. The van der Waals surface area contributed by atoms with Gasteiger partial charge in [0.25, 0.3) is 5.56 Å². The van der Waals surface area contributed by atoms with Gasteiger partial charge in [0.1, 0.15) is 11.4 Å². The number of halogens is 1. The highest BCUT2D eigenvalue weighted by Crippen LogP contribution is 2.15. The average Bonchev–Trinajstić information content (AvgIpc) is 2.64. The first-order chi connectivity index (χ1) is 12.5. The summed E-state index contributed by atoms with van der Waals surface area (Å²) >= 11 is 5.11. The maximum Gasteiger partial charge on any atom is 0.264 e. The minimum absolute atomic E-state index is 0.0378. The fourth-order valence-corrected chi connectivity index (χ4v) is 2.54. The van der Waals surface area contributed by atoms with Crippen LogP contribution in [-0.2, 0) is 6.54 Å². The van der Waals surface area contributed by atoms with Crippen molar-refractivity contribution in [3.63, 3.8) is 0 Å². The van der Waals surface area contributed by atoms with Gasteiger partial charge in [-0.2, -0.15) is 5.10 Å². The van der Waals surface area contributed by atoms with Crippen LogP contribution >= 0.6 is 12.2 Å². The lowest BCUT2D eigenvalue weighted by Gasteiger charge is -2.11. The zero-order valence-corrected chi connectivity index (χ0v) is 14.3. The number of hydrogen-bond donors (Lipinski definition) is 3. The number of para-hydroxylation sites is 1. The second kappa shape index (κ2) is 7.75. The molecule has 3 aromatic rings. The number of benzene rings is 2.